The summed E-state index contributed by atoms with van der Waals surface area (Å²) in [5.74, 6) is -0.0503. The zero-order valence-electron chi connectivity index (χ0n) is 14.0. The predicted molar refractivity (Wildman–Crippen MR) is 87.9 cm³/mol. The summed E-state index contributed by atoms with van der Waals surface area (Å²) in [6.07, 6.45) is 0.827. The van der Waals surface area contributed by atoms with Gasteiger partial charge in [0.15, 0.2) is 0 Å². The van der Waals surface area contributed by atoms with E-state index in [-0.39, 0.29) is 17.9 Å². The van der Waals surface area contributed by atoms with Crippen molar-refractivity contribution in [2.75, 3.05) is 11.9 Å². The largest absolute Gasteiger partial charge is 0.489 e. The lowest BCUT2D eigenvalue weighted by atomic mass is 9.91. The number of rotatable bonds is 7. The molecule has 0 heterocycles. The number of carbonyl (C=O) groups excluding carboxylic acids is 2. The van der Waals surface area contributed by atoms with Gasteiger partial charge in [-0.1, -0.05) is 19.1 Å². The van der Waals surface area contributed by atoms with Crippen LogP contribution in [0.15, 0.2) is 24.3 Å². The molecule has 1 aromatic rings. The van der Waals surface area contributed by atoms with Crippen LogP contribution in [0.1, 0.15) is 41.0 Å². The van der Waals surface area contributed by atoms with Crippen LogP contribution in [-0.2, 0) is 9.59 Å². The van der Waals surface area contributed by atoms with Gasteiger partial charge in [-0.3, -0.25) is 9.59 Å². The van der Waals surface area contributed by atoms with Crippen molar-refractivity contribution in [3.63, 3.8) is 0 Å². The molecule has 0 fully saturated rings. The molecule has 0 aromatic heterocycles. The van der Waals surface area contributed by atoms with E-state index in [9.17, 15) is 9.59 Å². The van der Waals surface area contributed by atoms with Crippen molar-refractivity contribution in [3.8, 4) is 5.75 Å². The van der Waals surface area contributed by atoms with Gasteiger partial charge in [0, 0.05) is 6.54 Å². The lowest BCUT2D eigenvalue weighted by Gasteiger charge is -2.23. The highest BCUT2D eigenvalue weighted by molar-refractivity contribution is 6.10. The molecule has 22 heavy (non-hydrogen) atoms. The molecule has 1 rings (SSSR count). The average Bonchev–Trinajstić information content (AvgIpc) is 2.46. The molecule has 122 valence electrons. The second kappa shape index (κ2) is 7.82. The Morgan fingerprint density at radius 3 is 2.41 bits per heavy atom. The number of benzene rings is 1. The van der Waals surface area contributed by atoms with E-state index in [2.05, 4.69) is 10.6 Å². The molecule has 2 N–H and O–H groups in total. The van der Waals surface area contributed by atoms with E-state index in [1.54, 1.807) is 26.0 Å². The third-order valence-electron chi connectivity index (χ3n) is 3.17. The molecule has 0 saturated carbocycles. The number of anilines is 1. The first-order chi connectivity index (χ1) is 10.3. The van der Waals surface area contributed by atoms with Gasteiger partial charge in [0.25, 0.3) is 0 Å². The Morgan fingerprint density at radius 1 is 1.18 bits per heavy atom. The van der Waals surface area contributed by atoms with E-state index in [4.69, 9.17) is 4.74 Å². The molecule has 0 aliphatic carbocycles. The maximum Gasteiger partial charge on any atom is 0.239 e. The monoisotopic (exact) mass is 306 g/mol. The lowest BCUT2D eigenvalue weighted by Crippen LogP contribution is -2.45. The van der Waals surface area contributed by atoms with Crippen LogP contribution in [0.25, 0.3) is 0 Å². The molecule has 0 spiro atoms. The third-order valence-corrected chi connectivity index (χ3v) is 3.17. The molecule has 0 aliphatic heterocycles. The summed E-state index contributed by atoms with van der Waals surface area (Å²) in [6, 6.07) is 7.20. The van der Waals surface area contributed by atoms with Gasteiger partial charge in [-0.25, -0.2) is 0 Å². The maximum atomic E-state index is 12.4. The molecule has 1 aromatic carbocycles. The average molecular weight is 306 g/mol. The molecule has 5 nitrogen and oxygen atoms in total. The van der Waals surface area contributed by atoms with Gasteiger partial charge in [-0.2, -0.15) is 0 Å². The second-order valence-electron chi connectivity index (χ2n) is 6.00. The number of nitrogens with one attached hydrogen (secondary N) is 2. The van der Waals surface area contributed by atoms with Crippen molar-refractivity contribution >= 4 is 17.5 Å². The predicted octanol–water partition coefficient (Wildman–Crippen LogP) is 2.96. The molecule has 0 radical (unpaired) electrons. The molecule has 0 atom stereocenters. The lowest BCUT2D eigenvalue weighted by molar-refractivity contribution is -0.138. The van der Waals surface area contributed by atoms with Gasteiger partial charge in [0.2, 0.25) is 11.8 Å². The highest BCUT2D eigenvalue weighted by Crippen LogP contribution is 2.27. The van der Waals surface area contributed by atoms with E-state index >= 15 is 0 Å². The van der Waals surface area contributed by atoms with E-state index in [1.807, 2.05) is 32.9 Å². The minimum atomic E-state index is -1.15. The van der Waals surface area contributed by atoms with Crippen LogP contribution in [0.5, 0.6) is 5.75 Å². The zero-order valence-corrected chi connectivity index (χ0v) is 14.0. The number of ether oxygens (including phenoxy) is 1. The number of carbonyl (C=O) groups is 2. The Morgan fingerprint density at radius 2 is 1.82 bits per heavy atom. The van der Waals surface area contributed by atoms with Crippen LogP contribution in [0.4, 0.5) is 5.69 Å². The van der Waals surface area contributed by atoms with Gasteiger partial charge in [-0.05, 0) is 46.2 Å². The van der Waals surface area contributed by atoms with Crippen LogP contribution in [0.2, 0.25) is 0 Å². The summed E-state index contributed by atoms with van der Waals surface area (Å²) >= 11 is 0. The van der Waals surface area contributed by atoms with Crippen molar-refractivity contribution in [2.45, 2.75) is 47.1 Å². The molecule has 5 heteroatoms. The Labute approximate surface area is 132 Å². The molecular formula is C17H26N2O3. The van der Waals surface area contributed by atoms with Crippen LogP contribution in [-0.4, -0.2) is 24.5 Å². The van der Waals surface area contributed by atoms with Gasteiger partial charge in [0.05, 0.1) is 11.8 Å². The summed E-state index contributed by atoms with van der Waals surface area (Å²) in [7, 11) is 0. The molecule has 0 unspecified atom stereocenters. The topological polar surface area (TPSA) is 67.4 Å². The van der Waals surface area contributed by atoms with Gasteiger partial charge in [-0.15, -0.1) is 0 Å². The quantitative estimate of drug-likeness (QED) is 0.761. The minimum absolute atomic E-state index is 0.00100. The van der Waals surface area contributed by atoms with E-state index in [0.29, 0.717) is 18.0 Å². The fourth-order valence-electron chi connectivity index (χ4n) is 1.77. The maximum absolute atomic E-state index is 12.4. The molecule has 2 amide bonds. The van der Waals surface area contributed by atoms with Gasteiger partial charge >= 0.3 is 0 Å². The summed E-state index contributed by atoms with van der Waals surface area (Å²) in [4.78, 5) is 24.6. The third kappa shape index (κ3) is 4.76. The Kier molecular flexibility index (Phi) is 6.40. The fourth-order valence-corrected chi connectivity index (χ4v) is 1.77. The summed E-state index contributed by atoms with van der Waals surface area (Å²) in [5, 5.41) is 5.54. The van der Waals surface area contributed by atoms with Gasteiger partial charge in [0.1, 0.15) is 11.2 Å². The van der Waals surface area contributed by atoms with E-state index in [0.717, 1.165) is 6.42 Å². The van der Waals surface area contributed by atoms with Crippen LogP contribution < -0.4 is 15.4 Å². The number of amides is 2. The Balaban J connectivity index is 2.85. The molecular weight excluding hydrogens is 280 g/mol. The first-order valence-electron chi connectivity index (χ1n) is 7.64. The van der Waals surface area contributed by atoms with Crippen molar-refractivity contribution in [2.24, 2.45) is 5.41 Å². The van der Waals surface area contributed by atoms with E-state index < -0.39 is 5.41 Å². The first kappa shape index (κ1) is 18.0. The van der Waals surface area contributed by atoms with Crippen molar-refractivity contribution in [3.05, 3.63) is 24.3 Å². The van der Waals surface area contributed by atoms with Crippen molar-refractivity contribution in [1.82, 2.24) is 5.32 Å². The molecule has 0 saturated heterocycles. The number of hydrogen-bond donors (Lipinski definition) is 2. The Bertz CT molecular complexity index is 524. The summed E-state index contributed by atoms with van der Waals surface area (Å²) in [5.41, 5.74) is -0.585. The van der Waals surface area contributed by atoms with E-state index in [1.165, 1.54) is 0 Å². The van der Waals surface area contributed by atoms with Crippen LogP contribution in [0, 0.1) is 5.41 Å². The highest BCUT2D eigenvalue weighted by Gasteiger charge is 2.36. The van der Waals surface area contributed by atoms with Crippen LogP contribution in [0.3, 0.4) is 0 Å². The van der Waals surface area contributed by atoms with Crippen molar-refractivity contribution < 1.29 is 14.3 Å². The second-order valence-corrected chi connectivity index (χ2v) is 6.00. The molecule has 0 bridgehead atoms. The van der Waals surface area contributed by atoms with Gasteiger partial charge < -0.3 is 15.4 Å². The van der Waals surface area contributed by atoms with Crippen molar-refractivity contribution in [1.29, 1.82) is 0 Å². The standard InChI is InChI=1S/C17H26N2O3/c1-6-11-18-15(20)17(4,5)16(21)19-13-9-7-8-10-14(13)22-12(2)3/h7-10,12H,6,11H2,1-5H3,(H,18,20)(H,19,21). The summed E-state index contributed by atoms with van der Waals surface area (Å²) in [6.45, 7) is 9.58. The number of para-hydroxylation sites is 2. The zero-order chi connectivity index (χ0) is 16.8. The highest BCUT2D eigenvalue weighted by atomic mass is 16.5. The SMILES string of the molecule is CCCNC(=O)C(C)(C)C(=O)Nc1ccccc1OC(C)C. The first-order valence-corrected chi connectivity index (χ1v) is 7.64. The normalized spacial score (nSPS) is 11.2. The van der Waals surface area contributed by atoms with Crippen LogP contribution >= 0.6 is 0 Å². The molecule has 0 aliphatic rings. The fraction of sp³-hybridized carbons (Fsp3) is 0.529. The Hall–Kier alpha value is -2.04. The smallest absolute Gasteiger partial charge is 0.239 e. The summed E-state index contributed by atoms with van der Waals surface area (Å²) < 4.78 is 5.67. The minimum Gasteiger partial charge on any atom is -0.489 e. The number of hydrogen-bond acceptors (Lipinski definition) is 3.